The molecular weight excluding hydrogens is 423 g/mol. The number of halogens is 2. The monoisotopic (exact) mass is 445 g/mol. The van der Waals surface area contributed by atoms with Crippen molar-refractivity contribution in [3.8, 4) is 0 Å². The summed E-state index contributed by atoms with van der Waals surface area (Å²) in [5.74, 6) is 0.315. The number of rotatable bonds is 6. The van der Waals surface area contributed by atoms with E-state index in [-0.39, 0.29) is 5.78 Å². The molecule has 150 valence electrons. The highest BCUT2D eigenvalue weighted by Gasteiger charge is 2.42. The second-order valence-corrected chi connectivity index (χ2v) is 9.28. The number of quaternary nitrogens is 1. The molecule has 0 bridgehead atoms. The van der Waals surface area contributed by atoms with Gasteiger partial charge in [0.1, 0.15) is 11.4 Å². The van der Waals surface area contributed by atoms with Crippen LogP contribution in [0.15, 0.2) is 82.1 Å². The van der Waals surface area contributed by atoms with Crippen LogP contribution in [0, 0.1) is 5.92 Å². The third-order valence-electron chi connectivity index (χ3n) is 4.81. The van der Waals surface area contributed by atoms with Crippen LogP contribution in [0.3, 0.4) is 0 Å². The van der Waals surface area contributed by atoms with E-state index in [9.17, 15) is 4.79 Å². The minimum atomic E-state index is 0.0148. The molecule has 3 rings (SSSR count). The predicted molar refractivity (Wildman–Crippen MR) is 124 cm³/mol. The lowest BCUT2D eigenvalue weighted by molar-refractivity contribution is -0.112. The fraction of sp³-hybridized carbons (Fsp3) is 0.217. The maximum Gasteiger partial charge on any atom is 0.185 e. The Morgan fingerprint density at radius 2 is 1.76 bits per heavy atom. The first-order valence-electron chi connectivity index (χ1n) is 9.28. The van der Waals surface area contributed by atoms with Crippen molar-refractivity contribution >= 4 is 46.4 Å². The van der Waals surface area contributed by atoms with Crippen LogP contribution in [0.2, 0.25) is 10.0 Å². The molecule has 0 N–H and O–H groups in total. The lowest BCUT2D eigenvalue weighted by atomic mass is 10.1. The topological polar surface area (TPSA) is 30.0 Å². The van der Waals surface area contributed by atoms with Crippen LogP contribution in [0.4, 0.5) is 5.69 Å². The molecule has 1 unspecified atom stereocenters. The summed E-state index contributed by atoms with van der Waals surface area (Å²) in [5.41, 5.74) is 3.30. The number of hydrogen-bond donors (Lipinski definition) is 0. The van der Waals surface area contributed by atoms with Crippen LogP contribution in [0.5, 0.6) is 0 Å². The fourth-order valence-corrected chi connectivity index (χ4v) is 5.35. The number of carbonyl (C=O) groups is 1. The van der Waals surface area contributed by atoms with Crippen LogP contribution < -0.4 is 4.48 Å². The van der Waals surface area contributed by atoms with E-state index in [2.05, 4.69) is 32.0 Å². The molecule has 0 aliphatic carbocycles. The first-order valence-corrected chi connectivity index (χ1v) is 10.9. The molecule has 1 aromatic heterocycles. The Morgan fingerprint density at radius 1 is 1.14 bits per heavy atom. The molecule has 0 fully saturated rings. The smallest absolute Gasteiger partial charge is 0.185 e. The molecule has 0 radical (unpaired) electrons. The molecule has 1 aromatic carbocycles. The quantitative estimate of drug-likeness (QED) is 0.353. The highest BCUT2D eigenvalue weighted by Crippen LogP contribution is 2.49. The molecule has 6 heteroatoms. The van der Waals surface area contributed by atoms with Gasteiger partial charge in [0.15, 0.2) is 10.8 Å². The van der Waals surface area contributed by atoms with Crippen LogP contribution >= 0.6 is 35.0 Å². The van der Waals surface area contributed by atoms with E-state index in [0.29, 0.717) is 20.4 Å². The summed E-state index contributed by atoms with van der Waals surface area (Å²) in [6.45, 7) is 5.90. The Balaban J connectivity index is 2.18. The largest absolute Gasteiger partial charge is 0.295 e. The lowest BCUT2D eigenvalue weighted by Gasteiger charge is -2.33. The van der Waals surface area contributed by atoms with Crippen molar-refractivity contribution in [3.05, 3.63) is 87.3 Å². The van der Waals surface area contributed by atoms with Crippen molar-refractivity contribution in [1.29, 1.82) is 0 Å². The van der Waals surface area contributed by atoms with Crippen molar-refractivity contribution < 1.29 is 4.79 Å². The Kier molecular flexibility index (Phi) is 6.69. The van der Waals surface area contributed by atoms with Gasteiger partial charge in [-0.05, 0) is 48.9 Å². The van der Waals surface area contributed by atoms with Crippen LogP contribution in [0.25, 0.3) is 0 Å². The SMILES string of the molecule is CC(=O)C=CC1=CC(C(C)C)=C(Sc2cc(Cl)cc(Cl)c2)[N+]1(C)c1ccncc1. The van der Waals surface area contributed by atoms with E-state index < -0.39 is 0 Å². The van der Waals surface area contributed by atoms with Gasteiger partial charge in [-0.1, -0.05) is 37.0 Å². The Bertz CT molecular complexity index is 1010. The Morgan fingerprint density at radius 3 is 2.31 bits per heavy atom. The van der Waals surface area contributed by atoms with Gasteiger partial charge in [-0.2, -0.15) is 0 Å². The van der Waals surface area contributed by atoms with Crippen LogP contribution in [-0.4, -0.2) is 17.8 Å². The van der Waals surface area contributed by atoms with E-state index in [4.69, 9.17) is 23.2 Å². The average Bonchev–Trinajstić information content (AvgIpc) is 2.93. The Hall–Kier alpha value is -1.85. The van der Waals surface area contributed by atoms with E-state index >= 15 is 0 Å². The van der Waals surface area contributed by atoms with Crippen molar-refractivity contribution in [3.63, 3.8) is 0 Å². The molecule has 2 aromatic rings. The number of ketones is 1. The normalized spacial score (nSPS) is 19.3. The third kappa shape index (κ3) is 4.67. The molecule has 3 nitrogen and oxygen atoms in total. The highest BCUT2D eigenvalue weighted by molar-refractivity contribution is 8.03. The standard InChI is InChI=1S/C23H23Cl2N2OS/c1-15(2)22-14-20(6-5-16(3)28)27(4,19-7-9-26-10-8-19)23(22)29-21-12-17(24)11-18(25)13-21/h5-15H,1-4H3/q+1. The van der Waals surface area contributed by atoms with Gasteiger partial charge in [0.2, 0.25) is 0 Å². The maximum absolute atomic E-state index is 11.6. The molecule has 1 atom stereocenters. The first kappa shape index (κ1) is 21.8. The van der Waals surface area contributed by atoms with Gasteiger partial charge in [0.25, 0.3) is 0 Å². The van der Waals surface area contributed by atoms with Gasteiger partial charge in [0.05, 0.1) is 7.05 Å². The molecule has 0 spiro atoms. The molecule has 0 saturated carbocycles. The highest BCUT2D eigenvalue weighted by atomic mass is 35.5. The number of nitrogens with zero attached hydrogens (tertiary/aromatic N) is 2. The molecule has 1 aliphatic heterocycles. The van der Waals surface area contributed by atoms with Gasteiger partial charge in [0, 0.05) is 57.2 Å². The summed E-state index contributed by atoms with van der Waals surface area (Å²) in [5, 5.41) is 2.35. The van der Waals surface area contributed by atoms with E-state index in [1.807, 2.05) is 30.3 Å². The number of allylic oxidation sites excluding steroid dienone is 4. The zero-order chi connectivity index (χ0) is 21.2. The van der Waals surface area contributed by atoms with Gasteiger partial charge >= 0.3 is 0 Å². The van der Waals surface area contributed by atoms with Gasteiger partial charge in [-0.15, -0.1) is 0 Å². The zero-order valence-corrected chi connectivity index (χ0v) is 19.1. The fourth-order valence-electron chi connectivity index (χ4n) is 3.30. The Labute approximate surface area is 186 Å². The molecule has 29 heavy (non-hydrogen) atoms. The predicted octanol–water partition coefficient (Wildman–Crippen LogP) is 7.03. The minimum absolute atomic E-state index is 0.0148. The first-order chi connectivity index (χ1) is 13.7. The van der Waals surface area contributed by atoms with Gasteiger partial charge in [-0.25, -0.2) is 4.48 Å². The van der Waals surface area contributed by atoms with Gasteiger partial charge in [-0.3, -0.25) is 9.78 Å². The van der Waals surface area contributed by atoms with E-state index in [0.717, 1.165) is 21.3 Å². The summed E-state index contributed by atoms with van der Waals surface area (Å²) in [4.78, 5) is 16.8. The molecule has 0 amide bonds. The summed E-state index contributed by atoms with van der Waals surface area (Å²) in [6, 6.07) is 9.58. The number of pyridine rings is 1. The number of hydrogen-bond acceptors (Lipinski definition) is 3. The number of thioether (sulfide) groups is 1. The summed E-state index contributed by atoms with van der Waals surface area (Å²) < 4.78 is 0.439. The van der Waals surface area contributed by atoms with Crippen LogP contribution in [-0.2, 0) is 4.79 Å². The van der Waals surface area contributed by atoms with E-state index in [1.54, 1.807) is 43.2 Å². The second kappa shape index (κ2) is 8.88. The lowest BCUT2D eigenvalue weighted by Crippen LogP contribution is -2.39. The molecule has 2 heterocycles. The van der Waals surface area contributed by atoms with Crippen molar-refractivity contribution in [2.75, 3.05) is 7.05 Å². The van der Waals surface area contributed by atoms with Crippen LogP contribution in [0.1, 0.15) is 20.8 Å². The number of aromatic nitrogens is 1. The molecule has 0 saturated heterocycles. The van der Waals surface area contributed by atoms with Crippen molar-refractivity contribution in [2.45, 2.75) is 25.7 Å². The van der Waals surface area contributed by atoms with Gasteiger partial charge < -0.3 is 0 Å². The van der Waals surface area contributed by atoms with Crippen molar-refractivity contribution in [1.82, 2.24) is 9.47 Å². The summed E-state index contributed by atoms with van der Waals surface area (Å²) in [6.07, 6.45) is 9.28. The zero-order valence-electron chi connectivity index (χ0n) is 16.8. The third-order valence-corrected chi connectivity index (χ3v) is 6.52. The molecule has 1 aliphatic rings. The average molecular weight is 446 g/mol. The summed E-state index contributed by atoms with van der Waals surface area (Å²) >= 11 is 14.1. The minimum Gasteiger partial charge on any atom is -0.295 e. The van der Waals surface area contributed by atoms with E-state index in [1.165, 1.54) is 5.57 Å². The summed E-state index contributed by atoms with van der Waals surface area (Å²) in [7, 11) is 2.13. The second-order valence-electron chi connectivity index (χ2n) is 7.35. The number of carbonyl (C=O) groups excluding carboxylic acids is 1. The number of benzene rings is 1. The number of likely N-dealkylation sites (N-methyl/N-ethyl adjacent to an activating group) is 1. The van der Waals surface area contributed by atoms with Crippen molar-refractivity contribution in [2.24, 2.45) is 5.92 Å². The molecular formula is C23H23Cl2N2OS+. The maximum atomic E-state index is 11.6.